The number of hydrogen-bond acceptors (Lipinski definition) is 2. The van der Waals surface area contributed by atoms with Gasteiger partial charge >= 0.3 is 0 Å². The van der Waals surface area contributed by atoms with Gasteiger partial charge in [0.1, 0.15) is 0 Å². The highest BCUT2D eigenvalue weighted by molar-refractivity contribution is 4.92. The molecule has 1 rings (SSSR count). The van der Waals surface area contributed by atoms with E-state index in [-0.39, 0.29) is 0 Å². The molecule has 0 aromatic carbocycles. The Morgan fingerprint density at radius 3 is 2.50 bits per heavy atom. The van der Waals surface area contributed by atoms with Gasteiger partial charge in [0.15, 0.2) is 0 Å². The summed E-state index contributed by atoms with van der Waals surface area (Å²) >= 11 is 0. The van der Waals surface area contributed by atoms with Crippen LogP contribution in [0.1, 0.15) is 47.5 Å². The van der Waals surface area contributed by atoms with Gasteiger partial charge in [-0.05, 0) is 40.5 Å². The molecule has 1 saturated heterocycles. The molecule has 0 radical (unpaired) electrons. The molecule has 0 aliphatic carbocycles. The quantitative estimate of drug-likeness (QED) is 0.690. The van der Waals surface area contributed by atoms with Crippen LogP contribution in [-0.2, 0) is 4.74 Å². The maximum Gasteiger partial charge on any atom is 0.0716 e. The largest absolute Gasteiger partial charge is 0.377 e. The predicted molar refractivity (Wildman–Crippen MR) is 60.6 cm³/mol. The van der Waals surface area contributed by atoms with Crippen molar-refractivity contribution in [2.75, 3.05) is 13.2 Å². The van der Waals surface area contributed by atoms with Gasteiger partial charge in [0, 0.05) is 24.7 Å². The van der Waals surface area contributed by atoms with Crippen molar-refractivity contribution in [1.82, 2.24) is 4.90 Å². The number of likely N-dealkylation sites (tertiary alicyclic amines) is 1. The molecule has 2 heteroatoms. The van der Waals surface area contributed by atoms with Gasteiger partial charge in [-0.1, -0.05) is 6.92 Å². The third-order valence-corrected chi connectivity index (χ3v) is 3.58. The van der Waals surface area contributed by atoms with E-state index < -0.39 is 0 Å². The number of ether oxygens (including phenoxy) is 1. The summed E-state index contributed by atoms with van der Waals surface area (Å²) in [5, 5.41) is 0. The molecule has 0 amide bonds. The van der Waals surface area contributed by atoms with E-state index in [4.69, 9.17) is 4.74 Å². The van der Waals surface area contributed by atoms with Crippen LogP contribution < -0.4 is 0 Å². The van der Waals surface area contributed by atoms with Crippen molar-refractivity contribution in [1.29, 1.82) is 0 Å². The van der Waals surface area contributed by atoms with Crippen LogP contribution in [0.3, 0.4) is 0 Å². The minimum atomic E-state index is 0.325. The van der Waals surface area contributed by atoms with Crippen LogP contribution in [0.4, 0.5) is 0 Å². The maximum absolute atomic E-state index is 5.70. The standard InChI is InChI=1S/C12H25NO/c1-6-12(4,5)13-9-11(14-7-2)8-10(13)3/h10-11H,6-9H2,1-5H3/t10-,11+/m0/s1. The molecule has 0 aromatic rings. The van der Waals surface area contributed by atoms with Gasteiger partial charge in [0.25, 0.3) is 0 Å². The summed E-state index contributed by atoms with van der Waals surface area (Å²) in [5.74, 6) is 0. The molecular weight excluding hydrogens is 174 g/mol. The number of rotatable bonds is 4. The van der Waals surface area contributed by atoms with E-state index >= 15 is 0 Å². The molecule has 84 valence electrons. The topological polar surface area (TPSA) is 12.5 Å². The average Bonchev–Trinajstić information content (AvgIpc) is 2.48. The van der Waals surface area contributed by atoms with Gasteiger partial charge in [0.05, 0.1) is 6.10 Å². The first-order valence-electron chi connectivity index (χ1n) is 5.89. The number of hydrogen-bond donors (Lipinski definition) is 0. The van der Waals surface area contributed by atoms with Gasteiger partial charge in [-0.2, -0.15) is 0 Å². The van der Waals surface area contributed by atoms with Crippen LogP contribution in [0, 0.1) is 0 Å². The maximum atomic E-state index is 5.70. The molecule has 0 spiro atoms. The van der Waals surface area contributed by atoms with Crippen molar-refractivity contribution in [3.63, 3.8) is 0 Å². The lowest BCUT2D eigenvalue weighted by atomic mass is 9.98. The Hall–Kier alpha value is -0.0800. The van der Waals surface area contributed by atoms with Crippen molar-refractivity contribution < 1.29 is 4.74 Å². The predicted octanol–water partition coefficient (Wildman–Crippen LogP) is 2.67. The van der Waals surface area contributed by atoms with Crippen molar-refractivity contribution >= 4 is 0 Å². The third-order valence-electron chi connectivity index (χ3n) is 3.58. The first kappa shape index (κ1) is 12.0. The zero-order valence-corrected chi connectivity index (χ0v) is 10.3. The first-order valence-corrected chi connectivity index (χ1v) is 5.89. The van der Waals surface area contributed by atoms with Crippen LogP contribution in [-0.4, -0.2) is 35.7 Å². The second-order valence-corrected chi connectivity index (χ2v) is 4.98. The van der Waals surface area contributed by atoms with Crippen LogP contribution in [0.5, 0.6) is 0 Å². The van der Waals surface area contributed by atoms with Crippen LogP contribution in [0.25, 0.3) is 0 Å². The summed E-state index contributed by atoms with van der Waals surface area (Å²) in [6, 6.07) is 0.668. The van der Waals surface area contributed by atoms with E-state index in [2.05, 4.69) is 39.5 Å². The summed E-state index contributed by atoms with van der Waals surface area (Å²) in [6.45, 7) is 13.3. The van der Waals surface area contributed by atoms with Crippen molar-refractivity contribution in [2.24, 2.45) is 0 Å². The van der Waals surface area contributed by atoms with Crippen LogP contribution in [0.15, 0.2) is 0 Å². The van der Waals surface area contributed by atoms with E-state index in [1.54, 1.807) is 0 Å². The summed E-state index contributed by atoms with van der Waals surface area (Å²) < 4.78 is 5.70. The van der Waals surface area contributed by atoms with Crippen molar-refractivity contribution in [3.05, 3.63) is 0 Å². The Morgan fingerprint density at radius 1 is 1.36 bits per heavy atom. The zero-order valence-electron chi connectivity index (χ0n) is 10.3. The van der Waals surface area contributed by atoms with Gasteiger partial charge in [-0.15, -0.1) is 0 Å². The molecular formula is C12H25NO. The monoisotopic (exact) mass is 199 g/mol. The van der Waals surface area contributed by atoms with Gasteiger partial charge < -0.3 is 4.74 Å². The molecule has 1 heterocycles. The lowest BCUT2D eigenvalue weighted by Gasteiger charge is -2.38. The van der Waals surface area contributed by atoms with Crippen molar-refractivity contribution in [2.45, 2.75) is 65.1 Å². The van der Waals surface area contributed by atoms with Crippen molar-refractivity contribution in [3.8, 4) is 0 Å². The minimum absolute atomic E-state index is 0.325. The van der Waals surface area contributed by atoms with E-state index in [1.807, 2.05) is 0 Å². The Labute approximate surface area is 88.6 Å². The molecule has 2 atom stereocenters. The van der Waals surface area contributed by atoms with E-state index in [0.29, 0.717) is 17.7 Å². The Morgan fingerprint density at radius 2 is 2.00 bits per heavy atom. The zero-order chi connectivity index (χ0) is 10.8. The SMILES string of the molecule is CCO[C@@H]1C[C@H](C)N(C(C)(C)CC)C1. The fourth-order valence-corrected chi connectivity index (χ4v) is 2.38. The third kappa shape index (κ3) is 2.48. The minimum Gasteiger partial charge on any atom is -0.377 e. The first-order chi connectivity index (χ1) is 6.51. The fourth-order valence-electron chi connectivity index (χ4n) is 2.38. The van der Waals surface area contributed by atoms with Crippen LogP contribution >= 0.6 is 0 Å². The number of nitrogens with zero attached hydrogens (tertiary/aromatic N) is 1. The molecule has 0 saturated carbocycles. The highest BCUT2D eigenvalue weighted by Crippen LogP contribution is 2.29. The molecule has 0 bridgehead atoms. The molecule has 1 fully saturated rings. The summed E-state index contributed by atoms with van der Waals surface area (Å²) in [5.41, 5.74) is 0.325. The molecule has 1 aliphatic rings. The average molecular weight is 199 g/mol. The second-order valence-electron chi connectivity index (χ2n) is 4.98. The molecule has 0 aromatic heterocycles. The molecule has 0 N–H and O–H groups in total. The Bertz CT molecular complexity index is 179. The van der Waals surface area contributed by atoms with Crippen LogP contribution in [0.2, 0.25) is 0 Å². The molecule has 0 unspecified atom stereocenters. The van der Waals surface area contributed by atoms with Gasteiger partial charge in [-0.3, -0.25) is 4.90 Å². The second kappa shape index (κ2) is 4.63. The van der Waals surface area contributed by atoms with E-state index in [9.17, 15) is 0 Å². The van der Waals surface area contributed by atoms with E-state index in [0.717, 1.165) is 13.2 Å². The Balaban J connectivity index is 2.56. The smallest absolute Gasteiger partial charge is 0.0716 e. The van der Waals surface area contributed by atoms with Gasteiger partial charge in [0.2, 0.25) is 0 Å². The summed E-state index contributed by atoms with van der Waals surface area (Å²) in [4.78, 5) is 2.59. The fraction of sp³-hybridized carbons (Fsp3) is 1.00. The normalized spacial score (nSPS) is 29.8. The molecule has 1 aliphatic heterocycles. The van der Waals surface area contributed by atoms with E-state index in [1.165, 1.54) is 12.8 Å². The lowest BCUT2D eigenvalue weighted by Crippen LogP contribution is -2.45. The Kier molecular flexibility index (Phi) is 3.96. The molecule has 2 nitrogen and oxygen atoms in total. The summed E-state index contributed by atoms with van der Waals surface area (Å²) in [6.07, 6.45) is 2.86. The highest BCUT2D eigenvalue weighted by Gasteiger charge is 2.37. The van der Waals surface area contributed by atoms with Gasteiger partial charge in [-0.25, -0.2) is 0 Å². The lowest BCUT2D eigenvalue weighted by molar-refractivity contribution is 0.0508. The summed E-state index contributed by atoms with van der Waals surface area (Å²) in [7, 11) is 0. The highest BCUT2D eigenvalue weighted by atomic mass is 16.5. The molecule has 14 heavy (non-hydrogen) atoms.